The van der Waals surface area contributed by atoms with Crippen LogP contribution in [-0.4, -0.2) is 128 Å². The van der Waals surface area contributed by atoms with Crippen molar-refractivity contribution in [2.45, 2.75) is 88.9 Å². The molecule has 30 heteroatoms. The molecule has 0 spiro atoms. The van der Waals surface area contributed by atoms with Crippen LogP contribution in [0.1, 0.15) is 69.7 Å². The third kappa shape index (κ3) is 11.6. The molecule has 1 fully saturated rings. The van der Waals surface area contributed by atoms with E-state index in [-0.39, 0.29) is 42.5 Å². The lowest BCUT2D eigenvalue weighted by Crippen LogP contribution is -2.50. The highest BCUT2D eigenvalue weighted by atomic mass is 32.2. The maximum atomic E-state index is 13.1. The molecule has 2 amide bonds. The molecule has 0 aliphatic carbocycles. The van der Waals surface area contributed by atoms with E-state index in [0.29, 0.717) is 53.2 Å². The van der Waals surface area contributed by atoms with Crippen molar-refractivity contribution in [3.63, 3.8) is 0 Å². The molecule has 0 bridgehead atoms. The zero-order chi connectivity index (χ0) is 51.4. The van der Waals surface area contributed by atoms with Gasteiger partial charge in [0.05, 0.1) is 25.5 Å². The second kappa shape index (κ2) is 19.9. The summed E-state index contributed by atoms with van der Waals surface area (Å²) in [6.45, 7) is 6.92. The van der Waals surface area contributed by atoms with Gasteiger partial charge in [0.25, 0.3) is 21.6 Å². The molecular formula is C41H56N10O17P2S+2. The highest BCUT2D eigenvalue weighted by Gasteiger charge is 2.51. The van der Waals surface area contributed by atoms with E-state index >= 15 is 0 Å². The van der Waals surface area contributed by atoms with Gasteiger partial charge >= 0.3 is 27.4 Å². The summed E-state index contributed by atoms with van der Waals surface area (Å²) < 4.78 is 89.2. The number of aryl methyl sites for hydroxylation is 2. The minimum absolute atomic E-state index is 0.00681. The second-order valence-corrected chi connectivity index (χ2v) is 22.6. The molecule has 1 saturated heterocycles. The Hall–Kier alpha value is -5.38. The Kier molecular flexibility index (Phi) is 14.6. The summed E-state index contributed by atoms with van der Waals surface area (Å²) in [6, 6.07) is 7.72. The van der Waals surface area contributed by atoms with E-state index in [9.17, 15) is 46.5 Å². The van der Waals surface area contributed by atoms with Crippen molar-refractivity contribution >= 4 is 66.3 Å². The topological polar surface area (TPSA) is 373 Å². The van der Waals surface area contributed by atoms with Gasteiger partial charge in [0.15, 0.2) is 30.0 Å². The maximum absolute atomic E-state index is 13.1. The molecule has 10 N–H and O–H groups in total. The van der Waals surface area contributed by atoms with E-state index in [1.54, 1.807) is 0 Å². The third-order valence-electron chi connectivity index (χ3n) is 12.7. The van der Waals surface area contributed by atoms with E-state index in [4.69, 9.17) is 39.2 Å². The van der Waals surface area contributed by atoms with Gasteiger partial charge in [-0.25, -0.2) is 28.1 Å². The minimum Gasteiger partial charge on any atom is -0.452 e. The number of phosphoric acid groups is 2. The molecule has 2 aromatic carbocycles. The van der Waals surface area contributed by atoms with Crippen LogP contribution in [0.5, 0.6) is 11.5 Å². The van der Waals surface area contributed by atoms with Crippen molar-refractivity contribution in [3.8, 4) is 11.5 Å². The number of fused-ring (bicyclic) bond motifs is 5. The summed E-state index contributed by atoms with van der Waals surface area (Å²) in [5.41, 5.74) is 7.50. The number of alkyl carbamates (subject to hydrolysis) is 1. The quantitative estimate of drug-likeness (QED) is 0.0252. The van der Waals surface area contributed by atoms with Crippen LogP contribution >= 0.6 is 15.6 Å². The first kappa shape index (κ1) is 52.0. The van der Waals surface area contributed by atoms with Gasteiger partial charge in [0.1, 0.15) is 30.2 Å². The zero-order valence-electron chi connectivity index (χ0n) is 39.0. The SMILES string of the molecule is CC[N+]1=c2cc3c(cc2CCC1)=Nc1cc2c(cc1O3)N(CCCC(=O)NCCNC(=O)O[C@H]1[C@@H](O)[C@H]([n+]3cn(C)c4c(=O)[nH]c(N)nc43)O[C@@H]1COP(=O)(O)OP(=O)(O)O)C(C)(C)CC2CS(=O)(=O)O. The molecule has 27 nitrogen and oxygen atoms in total. The lowest BCUT2D eigenvalue weighted by Gasteiger charge is -2.48. The van der Waals surface area contributed by atoms with Crippen molar-refractivity contribution in [1.29, 1.82) is 0 Å². The van der Waals surface area contributed by atoms with Crippen LogP contribution in [-0.2, 0) is 55.8 Å². The highest BCUT2D eigenvalue weighted by Crippen LogP contribution is 2.58. The lowest BCUT2D eigenvalue weighted by atomic mass is 9.79. The number of hydrogen-bond acceptors (Lipinski definition) is 17. The van der Waals surface area contributed by atoms with Crippen molar-refractivity contribution in [2.24, 2.45) is 12.0 Å². The molecule has 2 unspecified atom stereocenters. The van der Waals surface area contributed by atoms with Crippen LogP contribution < -0.4 is 51.4 Å². The minimum atomic E-state index is -5.52. The first-order valence-electron chi connectivity index (χ1n) is 22.6. The van der Waals surface area contributed by atoms with Crippen LogP contribution in [0, 0.1) is 0 Å². The number of hydrogen-bond donors (Lipinski definition) is 9. The number of aromatic amines is 1. The summed E-state index contributed by atoms with van der Waals surface area (Å²) in [7, 11) is -13.8. The molecule has 386 valence electrons. The number of nitrogens with zero attached hydrogens (tertiary/aromatic N) is 6. The van der Waals surface area contributed by atoms with Crippen molar-refractivity contribution in [3.05, 3.63) is 62.8 Å². The Morgan fingerprint density at radius 3 is 2.58 bits per heavy atom. The number of aromatic nitrogens is 4. The van der Waals surface area contributed by atoms with Gasteiger partial charge in [0.2, 0.25) is 23.0 Å². The normalized spacial score (nSPS) is 22.3. The number of H-pyrrole nitrogens is 1. The van der Waals surface area contributed by atoms with Gasteiger partial charge in [-0.1, -0.05) is 4.98 Å². The number of amides is 2. The number of aliphatic hydroxyl groups excluding tert-OH is 1. The number of nitrogens with two attached hydrogens (primary N) is 1. The van der Waals surface area contributed by atoms with Gasteiger partial charge in [0, 0.05) is 61.2 Å². The number of carbonyl (C=O) groups excluding carboxylic acids is 2. The Morgan fingerprint density at radius 1 is 1.11 bits per heavy atom. The van der Waals surface area contributed by atoms with Crippen LogP contribution in [0.15, 0.2) is 40.4 Å². The fourth-order valence-electron chi connectivity index (χ4n) is 9.73. The number of aliphatic hydroxyl groups is 1. The number of nitrogen functional groups attached to an aromatic ring is 1. The molecule has 6 heterocycles. The Labute approximate surface area is 404 Å². The van der Waals surface area contributed by atoms with Crippen LogP contribution in [0.4, 0.5) is 22.1 Å². The molecule has 6 atom stereocenters. The molecule has 4 aromatic rings. The first-order chi connectivity index (χ1) is 33.3. The van der Waals surface area contributed by atoms with Crippen LogP contribution in [0.2, 0.25) is 0 Å². The summed E-state index contributed by atoms with van der Waals surface area (Å²) in [4.78, 5) is 80.2. The predicted octanol–water partition coefficient (Wildman–Crippen LogP) is -0.218. The predicted molar refractivity (Wildman–Crippen MR) is 249 cm³/mol. The standard InChI is InChI=1S/C41H54N10O17P2S/c1-5-49-12-6-8-22-14-25-29(16-27(22)49)65-30-17-28-24(15-26(30)45-25)23(20-71(61,62)63)18-41(2,3)51(28)13-7-9-32(52)43-10-11-44-40(55)67-35-31(19-64-70(59,60)68-69(56,57)58)66-38(34(35)53)50-21-48(4)33-36(50)46-39(42)47-37(33)54/h14-17,21,23,31,34-35,38,53H,5-13,18-20H2,1-4H3,(H7-2,42,43,44,46,47,52,54,55,56,57,58,59,60,61,62,63)/p+2/t23?,31-,34-,35-,38-/m1/s1. The average Bonchev–Trinajstić information content (AvgIpc) is 3.75. The molecule has 0 saturated carbocycles. The zero-order valence-corrected chi connectivity index (χ0v) is 41.6. The van der Waals surface area contributed by atoms with Gasteiger partial charge in [-0.05, 0) is 57.7 Å². The number of nitrogens with one attached hydrogen (secondary N) is 3. The van der Waals surface area contributed by atoms with Gasteiger partial charge in [-0.15, -0.1) is 0 Å². The lowest BCUT2D eigenvalue weighted by molar-refractivity contribution is -0.745. The van der Waals surface area contributed by atoms with Gasteiger partial charge in [-0.3, -0.25) is 28.2 Å². The molecule has 8 rings (SSSR count). The highest BCUT2D eigenvalue weighted by molar-refractivity contribution is 7.85. The average molecular weight is 1050 g/mol. The molecular weight excluding hydrogens is 999 g/mol. The van der Waals surface area contributed by atoms with Crippen LogP contribution in [0.25, 0.3) is 11.2 Å². The number of ether oxygens (including phenoxy) is 3. The summed E-state index contributed by atoms with van der Waals surface area (Å²) in [6.07, 6.45) is -3.65. The summed E-state index contributed by atoms with van der Waals surface area (Å²) in [5, 5.41) is 18.3. The smallest absolute Gasteiger partial charge is 0.452 e. The first-order valence-corrected chi connectivity index (χ1v) is 27.2. The largest absolute Gasteiger partial charge is 0.481 e. The van der Waals surface area contributed by atoms with E-state index in [1.807, 2.05) is 38.1 Å². The Bertz CT molecular complexity index is 3180. The van der Waals surface area contributed by atoms with E-state index < -0.39 is 85.8 Å². The molecule has 4 aliphatic heterocycles. The molecule has 4 aliphatic rings. The number of benzene rings is 2. The Morgan fingerprint density at radius 2 is 1.86 bits per heavy atom. The maximum Gasteiger partial charge on any atom is 0.481 e. The van der Waals surface area contributed by atoms with Crippen LogP contribution in [0.3, 0.4) is 0 Å². The van der Waals surface area contributed by atoms with Crippen molar-refractivity contribution in [2.75, 3.05) is 55.7 Å². The number of imidazole rings is 1. The number of rotatable bonds is 17. The number of anilines is 2. The molecule has 0 radical (unpaired) electrons. The summed E-state index contributed by atoms with van der Waals surface area (Å²) >= 11 is 0. The molecule has 71 heavy (non-hydrogen) atoms. The second-order valence-electron chi connectivity index (χ2n) is 18.2. The Balaban J connectivity index is 0.900. The van der Waals surface area contributed by atoms with Gasteiger partial charge < -0.3 is 55.3 Å². The van der Waals surface area contributed by atoms with Crippen molar-refractivity contribution in [1.82, 2.24) is 29.7 Å². The fraction of sp³-hybridized carbons (Fsp3) is 0.537. The number of phosphoric ester groups is 1. The van der Waals surface area contributed by atoms with Crippen molar-refractivity contribution < 1.29 is 79.1 Å². The third-order valence-corrected chi connectivity index (χ3v) is 15.7. The monoisotopic (exact) mass is 1050 g/mol. The van der Waals surface area contributed by atoms with Gasteiger partial charge in [-0.2, -0.15) is 12.7 Å². The summed E-state index contributed by atoms with van der Waals surface area (Å²) in [5.74, 6) is -0.613. The van der Waals surface area contributed by atoms with E-state index in [2.05, 4.69) is 41.3 Å². The fourth-order valence-corrected chi connectivity index (χ4v) is 12.1. The number of carbonyl (C=O) groups is 2. The van der Waals surface area contributed by atoms with E-state index in [1.165, 1.54) is 28.1 Å². The molecule has 2 aromatic heterocycles. The van der Waals surface area contributed by atoms with E-state index in [0.717, 1.165) is 31.3 Å².